The maximum Gasteiger partial charge on any atom is 0.417 e. The summed E-state index contributed by atoms with van der Waals surface area (Å²) in [4.78, 5) is 39.9. The molecule has 1 fully saturated rings. The SMILES string of the molecule is CC(C)CC(c1ccc(C(F)(F)F)c(C(=O)N2Cc3cccnc3C2)c1)N1C(=O)C[C@@](CC2CC2)(c2ccccc2)N=C1N. The molecule has 0 saturated heterocycles. The van der Waals surface area contributed by atoms with E-state index < -0.39 is 34.8 Å². The zero-order valence-corrected chi connectivity index (χ0v) is 24.8. The van der Waals surface area contributed by atoms with Gasteiger partial charge in [0.25, 0.3) is 5.91 Å². The highest BCUT2D eigenvalue weighted by atomic mass is 19.4. The van der Waals surface area contributed by atoms with E-state index >= 15 is 0 Å². The molecule has 1 aliphatic carbocycles. The lowest BCUT2D eigenvalue weighted by molar-refractivity contribution is -0.138. The number of pyridine rings is 1. The van der Waals surface area contributed by atoms with E-state index in [1.807, 2.05) is 50.2 Å². The predicted molar refractivity (Wildman–Crippen MR) is 160 cm³/mol. The van der Waals surface area contributed by atoms with Crippen LogP contribution in [0.25, 0.3) is 0 Å². The van der Waals surface area contributed by atoms with Gasteiger partial charge in [0, 0.05) is 12.7 Å². The molecule has 230 valence electrons. The van der Waals surface area contributed by atoms with Crippen LogP contribution in [0.3, 0.4) is 0 Å². The van der Waals surface area contributed by atoms with Crippen molar-refractivity contribution >= 4 is 17.8 Å². The predicted octanol–water partition coefficient (Wildman–Crippen LogP) is 6.59. The van der Waals surface area contributed by atoms with Crippen LogP contribution < -0.4 is 5.73 Å². The van der Waals surface area contributed by atoms with Gasteiger partial charge in [-0.3, -0.25) is 19.5 Å². The third kappa shape index (κ3) is 5.81. The lowest BCUT2D eigenvalue weighted by atomic mass is 9.80. The number of carbonyl (C=O) groups is 2. The first kappa shape index (κ1) is 29.8. The van der Waals surface area contributed by atoms with Gasteiger partial charge in [0.2, 0.25) is 5.91 Å². The van der Waals surface area contributed by atoms with E-state index in [0.29, 0.717) is 30.0 Å². The zero-order valence-electron chi connectivity index (χ0n) is 24.8. The van der Waals surface area contributed by atoms with Crippen LogP contribution in [0.1, 0.15) is 90.3 Å². The first-order valence-corrected chi connectivity index (χ1v) is 15.1. The van der Waals surface area contributed by atoms with Crippen LogP contribution in [0.2, 0.25) is 0 Å². The molecule has 1 unspecified atom stereocenters. The third-order valence-corrected chi connectivity index (χ3v) is 8.87. The van der Waals surface area contributed by atoms with Crippen molar-refractivity contribution < 1.29 is 22.8 Å². The van der Waals surface area contributed by atoms with Gasteiger partial charge < -0.3 is 10.6 Å². The van der Waals surface area contributed by atoms with Crippen molar-refractivity contribution in [3.8, 4) is 0 Å². The standard InChI is InChI=1S/C34H36F3N5O2/c1-21(2)15-29(42-30(43)18-33(40-32(42)38,17-22-10-11-22)25-8-4-3-5-9-25)23-12-13-27(34(35,36)37)26(16-23)31(44)41-19-24-7-6-14-39-28(24)20-41/h3-9,12-14,16,21-22,29H,10-11,15,17-20H2,1-2H3,(H2,38,40)/t29?,33-/m0/s1. The molecule has 3 aliphatic rings. The number of guanidine groups is 1. The van der Waals surface area contributed by atoms with Crippen LogP contribution in [-0.4, -0.2) is 32.6 Å². The average molecular weight is 604 g/mol. The van der Waals surface area contributed by atoms with Crippen LogP contribution in [0, 0.1) is 11.8 Å². The second-order valence-corrected chi connectivity index (χ2v) is 12.7. The van der Waals surface area contributed by atoms with Gasteiger partial charge in [-0.05, 0) is 59.6 Å². The van der Waals surface area contributed by atoms with Crippen molar-refractivity contribution in [1.82, 2.24) is 14.8 Å². The van der Waals surface area contributed by atoms with Gasteiger partial charge in [0.1, 0.15) is 0 Å². The minimum atomic E-state index is -4.75. The topological polar surface area (TPSA) is 91.9 Å². The average Bonchev–Trinajstić information content (AvgIpc) is 3.68. The number of hydrogen-bond acceptors (Lipinski definition) is 5. The molecule has 0 radical (unpaired) electrons. The fourth-order valence-corrected chi connectivity index (χ4v) is 6.60. The molecule has 6 rings (SSSR count). The minimum Gasteiger partial charge on any atom is -0.369 e. The Labute approximate surface area is 255 Å². The fourth-order valence-electron chi connectivity index (χ4n) is 6.60. The number of amides is 2. The van der Waals surface area contributed by atoms with Gasteiger partial charge in [-0.2, -0.15) is 13.2 Å². The van der Waals surface area contributed by atoms with Crippen molar-refractivity contribution in [3.63, 3.8) is 0 Å². The van der Waals surface area contributed by atoms with Gasteiger partial charge in [-0.15, -0.1) is 0 Å². The van der Waals surface area contributed by atoms with E-state index in [2.05, 4.69) is 4.98 Å². The largest absolute Gasteiger partial charge is 0.417 e. The fraction of sp³-hybridized carbons (Fsp3) is 0.412. The molecule has 10 heteroatoms. The van der Waals surface area contributed by atoms with Gasteiger partial charge in [0.05, 0.1) is 41.4 Å². The van der Waals surface area contributed by atoms with E-state index in [-0.39, 0.29) is 37.3 Å². The van der Waals surface area contributed by atoms with Gasteiger partial charge in [-0.1, -0.05) is 69.2 Å². The number of aliphatic imine (C=N–C) groups is 1. The smallest absolute Gasteiger partial charge is 0.369 e. The number of nitrogens with two attached hydrogens (primary N) is 1. The Morgan fingerprint density at radius 3 is 2.45 bits per heavy atom. The molecule has 0 spiro atoms. The molecular formula is C34H36F3N5O2. The molecule has 2 amide bonds. The van der Waals surface area contributed by atoms with Crippen LogP contribution in [0.4, 0.5) is 13.2 Å². The first-order valence-electron chi connectivity index (χ1n) is 15.1. The number of rotatable bonds is 8. The highest BCUT2D eigenvalue weighted by Crippen LogP contribution is 2.47. The van der Waals surface area contributed by atoms with Crippen LogP contribution in [-0.2, 0) is 29.6 Å². The molecular weight excluding hydrogens is 567 g/mol. The number of halogens is 3. The van der Waals surface area contributed by atoms with Gasteiger partial charge in [-0.25, -0.2) is 4.99 Å². The molecule has 2 aromatic carbocycles. The Hall–Kier alpha value is -4.21. The Kier molecular flexibility index (Phi) is 7.71. The molecule has 2 aliphatic heterocycles. The summed E-state index contributed by atoms with van der Waals surface area (Å²) in [5.74, 6) is -0.396. The first-order chi connectivity index (χ1) is 20.9. The van der Waals surface area contributed by atoms with Crippen molar-refractivity contribution in [2.45, 2.75) is 76.8 Å². The molecule has 44 heavy (non-hydrogen) atoms. The van der Waals surface area contributed by atoms with Gasteiger partial charge in [0.15, 0.2) is 5.96 Å². The monoisotopic (exact) mass is 603 g/mol. The quantitative estimate of drug-likeness (QED) is 0.315. The summed E-state index contributed by atoms with van der Waals surface area (Å²) in [7, 11) is 0. The number of alkyl halides is 3. The zero-order chi connectivity index (χ0) is 31.2. The summed E-state index contributed by atoms with van der Waals surface area (Å²) < 4.78 is 42.7. The Bertz CT molecular complexity index is 1580. The summed E-state index contributed by atoms with van der Waals surface area (Å²) >= 11 is 0. The second-order valence-electron chi connectivity index (χ2n) is 12.7. The van der Waals surface area contributed by atoms with E-state index in [1.165, 1.54) is 21.9 Å². The summed E-state index contributed by atoms with van der Waals surface area (Å²) in [5.41, 5.74) is 7.17. The molecule has 3 heterocycles. The number of benzene rings is 2. The summed E-state index contributed by atoms with van der Waals surface area (Å²) in [5, 5.41) is 0. The number of hydrogen-bond donors (Lipinski definition) is 1. The number of fused-ring (bicyclic) bond motifs is 1. The molecule has 1 saturated carbocycles. The van der Waals surface area contributed by atoms with Crippen LogP contribution in [0.15, 0.2) is 71.9 Å². The molecule has 0 bridgehead atoms. The summed E-state index contributed by atoms with van der Waals surface area (Å²) in [6, 6.07) is 16.1. The van der Waals surface area contributed by atoms with Gasteiger partial charge >= 0.3 is 6.18 Å². The maximum absolute atomic E-state index is 14.2. The van der Waals surface area contributed by atoms with Crippen LogP contribution in [0.5, 0.6) is 0 Å². The molecule has 2 atom stereocenters. The van der Waals surface area contributed by atoms with Crippen molar-refractivity contribution in [2.75, 3.05) is 0 Å². The Morgan fingerprint density at radius 1 is 1.07 bits per heavy atom. The highest BCUT2D eigenvalue weighted by molar-refractivity contribution is 6.00. The Morgan fingerprint density at radius 2 is 1.82 bits per heavy atom. The van der Waals surface area contributed by atoms with Crippen molar-refractivity contribution in [1.29, 1.82) is 0 Å². The lowest BCUT2D eigenvalue weighted by Crippen LogP contribution is -2.52. The normalized spacial score (nSPS) is 21.0. The molecule has 3 aromatic rings. The van der Waals surface area contributed by atoms with Crippen molar-refractivity contribution in [3.05, 3.63) is 100 Å². The van der Waals surface area contributed by atoms with E-state index in [4.69, 9.17) is 10.7 Å². The number of carbonyl (C=O) groups excluding carboxylic acids is 2. The third-order valence-electron chi connectivity index (χ3n) is 8.87. The molecule has 7 nitrogen and oxygen atoms in total. The summed E-state index contributed by atoms with van der Waals surface area (Å²) in [6.07, 6.45) is 0.245. The minimum absolute atomic E-state index is 0.0465. The van der Waals surface area contributed by atoms with E-state index in [0.717, 1.165) is 30.0 Å². The second kappa shape index (κ2) is 11.4. The maximum atomic E-state index is 14.2. The summed E-state index contributed by atoms with van der Waals surface area (Å²) in [6.45, 7) is 4.24. The number of aromatic nitrogens is 1. The highest BCUT2D eigenvalue weighted by Gasteiger charge is 2.47. The van der Waals surface area contributed by atoms with Crippen molar-refractivity contribution in [2.24, 2.45) is 22.6 Å². The van der Waals surface area contributed by atoms with E-state index in [1.54, 1.807) is 12.3 Å². The Balaban J connectivity index is 1.39. The van der Waals surface area contributed by atoms with Crippen LogP contribution >= 0.6 is 0 Å². The lowest BCUT2D eigenvalue weighted by Gasteiger charge is -2.42. The molecule has 2 N–H and O–H groups in total. The van der Waals surface area contributed by atoms with E-state index in [9.17, 15) is 22.8 Å². The number of nitrogens with zero attached hydrogens (tertiary/aromatic N) is 4. The molecule has 1 aromatic heterocycles.